The molecule has 1 fully saturated rings. The number of hydrogen-bond donors (Lipinski definition) is 4. The third-order valence-corrected chi connectivity index (χ3v) is 6.58. The van der Waals surface area contributed by atoms with Crippen LogP contribution in [0.15, 0.2) is 24.3 Å². The van der Waals surface area contributed by atoms with Crippen LogP contribution in [0.2, 0.25) is 0 Å². The van der Waals surface area contributed by atoms with Gasteiger partial charge in [0.15, 0.2) is 11.9 Å². The molecule has 0 unspecified atom stereocenters. The minimum absolute atomic E-state index is 0.102. The predicted octanol–water partition coefficient (Wildman–Crippen LogP) is -0.937. The summed E-state index contributed by atoms with van der Waals surface area (Å²) in [5, 5.41) is 24.5. The Bertz CT molecular complexity index is 934. The second kappa shape index (κ2) is 8.12. The number of aryl methyl sites for hydroxylation is 1. The summed E-state index contributed by atoms with van der Waals surface area (Å²) in [7, 11) is 0. The summed E-state index contributed by atoms with van der Waals surface area (Å²) in [6, 6.07) is 6.44. The Morgan fingerprint density at radius 1 is 1.21 bits per heavy atom. The van der Waals surface area contributed by atoms with Gasteiger partial charge in [0.1, 0.15) is 43.4 Å². The van der Waals surface area contributed by atoms with Gasteiger partial charge in [0.25, 0.3) is 0 Å². The lowest BCUT2D eigenvalue weighted by atomic mass is 10.0. The molecule has 1 aliphatic rings. The van der Waals surface area contributed by atoms with Crippen LogP contribution in [-0.2, 0) is 6.42 Å². The van der Waals surface area contributed by atoms with E-state index in [1.54, 1.807) is 12.1 Å². The molecule has 28 heavy (non-hydrogen) atoms. The van der Waals surface area contributed by atoms with Gasteiger partial charge in [-0.1, -0.05) is 18.3 Å². The molecule has 1 saturated heterocycles. The highest BCUT2D eigenvalue weighted by Crippen LogP contribution is 2.35. The average Bonchev–Trinajstić information content (AvgIpc) is 3.24. The topological polar surface area (TPSA) is 79.5 Å². The molecule has 0 amide bonds. The first kappa shape index (κ1) is 19.3. The van der Waals surface area contributed by atoms with E-state index in [-0.39, 0.29) is 24.3 Å². The van der Waals surface area contributed by atoms with Crippen LogP contribution in [0.5, 0.6) is 5.88 Å². The molecule has 9 heteroatoms. The lowest BCUT2D eigenvalue weighted by molar-refractivity contribution is -1.02. The number of rotatable bonds is 6. The number of piperazine rings is 1. The number of aromatic hydroxyl groups is 1. The zero-order chi connectivity index (χ0) is 19.7. The summed E-state index contributed by atoms with van der Waals surface area (Å²) >= 11 is 1.45. The standard InChI is InChI=1S/C19H24FN5O2S/c1-2-15-21-19-25(22-15)18(27)17(28-19)16(13-3-5-14(20)6-4-13)24-9-7-23(8-10-24)11-12-26/h3-6,16,26-27H,2,7-12H2,1H3/p+2/t16-/m1/s1. The molecule has 7 nitrogen and oxygen atoms in total. The van der Waals surface area contributed by atoms with Crippen molar-refractivity contribution in [1.82, 2.24) is 14.6 Å². The van der Waals surface area contributed by atoms with Gasteiger partial charge in [-0.15, -0.1) is 5.10 Å². The molecule has 1 aromatic carbocycles. The van der Waals surface area contributed by atoms with Crippen molar-refractivity contribution in [1.29, 1.82) is 0 Å². The summed E-state index contributed by atoms with van der Waals surface area (Å²) in [6.07, 6.45) is 0.714. The van der Waals surface area contributed by atoms with E-state index in [0.29, 0.717) is 17.2 Å². The van der Waals surface area contributed by atoms with E-state index in [9.17, 15) is 14.6 Å². The van der Waals surface area contributed by atoms with Gasteiger partial charge in [-0.05, 0) is 24.3 Å². The zero-order valence-electron chi connectivity index (χ0n) is 15.9. The molecule has 150 valence electrons. The molecule has 4 rings (SSSR count). The highest BCUT2D eigenvalue weighted by molar-refractivity contribution is 7.17. The van der Waals surface area contributed by atoms with Crippen LogP contribution >= 0.6 is 11.3 Å². The highest BCUT2D eigenvalue weighted by atomic mass is 32.1. The molecule has 0 radical (unpaired) electrons. The molecule has 1 aliphatic heterocycles. The Labute approximate surface area is 166 Å². The van der Waals surface area contributed by atoms with E-state index in [4.69, 9.17) is 0 Å². The van der Waals surface area contributed by atoms with Gasteiger partial charge in [0, 0.05) is 12.0 Å². The van der Waals surface area contributed by atoms with E-state index in [1.165, 1.54) is 37.8 Å². The molecule has 3 heterocycles. The van der Waals surface area contributed by atoms with Crippen LogP contribution in [0.25, 0.3) is 4.96 Å². The van der Waals surface area contributed by atoms with Gasteiger partial charge >= 0.3 is 0 Å². The van der Waals surface area contributed by atoms with Gasteiger partial charge in [-0.2, -0.15) is 4.52 Å². The van der Waals surface area contributed by atoms with Crippen LogP contribution in [-0.4, -0.2) is 64.1 Å². The summed E-state index contributed by atoms with van der Waals surface area (Å²) in [5.74, 6) is 0.563. The fraction of sp³-hybridized carbons (Fsp3) is 0.474. The number of quaternary nitrogens is 2. The molecular weight excluding hydrogens is 381 g/mol. The molecule has 0 bridgehead atoms. The quantitative estimate of drug-likeness (QED) is 0.426. The van der Waals surface area contributed by atoms with Crippen molar-refractivity contribution in [2.75, 3.05) is 39.3 Å². The van der Waals surface area contributed by atoms with Gasteiger partial charge < -0.3 is 20.0 Å². The Balaban J connectivity index is 1.70. The monoisotopic (exact) mass is 407 g/mol. The number of aliphatic hydroxyl groups is 1. The molecule has 2 aromatic heterocycles. The second-order valence-electron chi connectivity index (χ2n) is 7.23. The minimum atomic E-state index is -0.269. The molecular formula is C19H26FN5O2S+2. The van der Waals surface area contributed by atoms with Gasteiger partial charge in [-0.3, -0.25) is 0 Å². The summed E-state index contributed by atoms with van der Waals surface area (Å²) in [4.78, 5) is 8.70. The first-order valence-corrected chi connectivity index (χ1v) is 10.5. The number of hydrogen-bond acceptors (Lipinski definition) is 5. The Hall–Kier alpha value is -2.07. The van der Waals surface area contributed by atoms with Crippen molar-refractivity contribution in [3.8, 4) is 5.88 Å². The number of nitrogens with one attached hydrogen (secondary N) is 2. The van der Waals surface area contributed by atoms with Crippen molar-refractivity contribution in [2.45, 2.75) is 19.4 Å². The van der Waals surface area contributed by atoms with E-state index < -0.39 is 0 Å². The molecule has 0 saturated carbocycles. The first-order chi connectivity index (χ1) is 13.6. The molecule has 3 aromatic rings. The maximum absolute atomic E-state index is 13.5. The maximum atomic E-state index is 13.5. The SMILES string of the molecule is CCc1nc2sc([C@@H](c3ccc(F)cc3)[NH+]3CC[NH+](CCO)CC3)c(O)n2n1. The highest BCUT2D eigenvalue weighted by Gasteiger charge is 2.36. The van der Waals surface area contributed by atoms with Gasteiger partial charge in [-0.25, -0.2) is 9.37 Å². The zero-order valence-corrected chi connectivity index (χ0v) is 16.7. The van der Waals surface area contributed by atoms with Gasteiger partial charge in [0.2, 0.25) is 10.8 Å². The summed E-state index contributed by atoms with van der Waals surface area (Å²) in [6.45, 7) is 6.66. The van der Waals surface area contributed by atoms with E-state index in [1.807, 2.05) is 6.92 Å². The van der Waals surface area contributed by atoms with E-state index >= 15 is 0 Å². The number of thiazole rings is 1. The lowest BCUT2D eigenvalue weighted by Gasteiger charge is -2.34. The smallest absolute Gasteiger partial charge is 0.235 e. The number of halogens is 1. The number of benzene rings is 1. The number of fused-ring (bicyclic) bond motifs is 1. The summed E-state index contributed by atoms with van der Waals surface area (Å²) < 4.78 is 15.0. The second-order valence-corrected chi connectivity index (χ2v) is 8.24. The Morgan fingerprint density at radius 2 is 1.93 bits per heavy atom. The Kier molecular flexibility index (Phi) is 5.58. The molecule has 0 spiro atoms. The van der Waals surface area contributed by atoms with Crippen LogP contribution in [0.3, 0.4) is 0 Å². The fourth-order valence-corrected chi connectivity index (χ4v) is 5.14. The van der Waals surface area contributed by atoms with Crippen molar-refractivity contribution >= 4 is 16.3 Å². The third kappa shape index (κ3) is 3.62. The van der Waals surface area contributed by atoms with Gasteiger partial charge in [0.05, 0.1) is 6.61 Å². The van der Waals surface area contributed by atoms with Crippen molar-refractivity contribution in [2.24, 2.45) is 0 Å². The van der Waals surface area contributed by atoms with Crippen molar-refractivity contribution in [3.05, 3.63) is 46.3 Å². The van der Waals surface area contributed by atoms with Crippen LogP contribution < -0.4 is 9.80 Å². The van der Waals surface area contributed by atoms with Crippen LogP contribution in [0.1, 0.15) is 29.2 Å². The summed E-state index contributed by atoms with van der Waals surface area (Å²) in [5.41, 5.74) is 0.970. The number of nitrogens with zero attached hydrogens (tertiary/aromatic N) is 3. The minimum Gasteiger partial charge on any atom is -0.492 e. The van der Waals surface area contributed by atoms with E-state index in [2.05, 4.69) is 10.1 Å². The maximum Gasteiger partial charge on any atom is 0.235 e. The molecule has 0 aliphatic carbocycles. The fourth-order valence-electron chi connectivity index (χ4n) is 3.98. The number of aliphatic hydroxyl groups excluding tert-OH is 1. The van der Waals surface area contributed by atoms with Crippen LogP contribution in [0.4, 0.5) is 4.39 Å². The molecule has 4 N–H and O–H groups in total. The third-order valence-electron chi connectivity index (χ3n) is 5.50. The largest absolute Gasteiger partial charge is 0.492 e. The van der Waals surface area contributed by atoms with Crippen LogP contribution in [0, 0.1) is 5.82 Å². The van der Waals surface area contributed by atoms with Crippen molar-refractivity contribution < 1.29 is 24.4 Å². The average molecular weight is 408 g/mol. The normalized spacial score (nSPS) is 21.2. The lowest BCUT2D eigenvalue weighted by Crippen LogP contribution is -3.28. The number of aromatic nitrogens is 3. The predicted molar refractivity (Wildman–Crippen MR) is 103 cm³/mol. The molecule has 1 atom stereocenters. The first-order valence-electron chi connectivity index (χ1n) is 9.72. The van der Waals surface area contributed by atoms with Crippen molar-refractivity contribution in [3.63, 3.8) is 0 Å². The Morgan fingerprint density at radius 3 is 2.54 bits per heavy atom. The van der Waals surface area contributed by atoms with E-state index in [0.717, 1.165) is 43.2 Å².